The Balaban J connectivity index is 2.30. The highest BCUT2D eigenvalue weighted by Gasteiger charge is 2.15. The van der Waals surface area contributed by atoms with Crippen LogP contribution in [0.2, 0.25) is 0 Å². The van der Waals surface area contributed by atoms with E-state index in [0.717, 1.165) is 5.56 Å². The number of ether oxygens (including phenoxy) is 2. The SMILES string of the molecule is CCOc1ccc([C@H](N)c2ncn(C)n2)cc1OC. The Morgan fingerprint density at radius 3 is 2.74 bits per heavy atom. The molecule has 1 atom stereocenters. The second kappa shape index (κ2) is 5.71. The van der Waals surface area contributed by atoms with Crippen molar-refractivity contribution in [2.24, 2.45) is 12.8 Å². The topological polar surface area (TPSA) is 75.2 Å². The Hall–Kier alpha value is -2.08. The molecule has 0 amide bonds. The van der Waals surface area contributed by atoms with Gasteiger partial charge in [-0.1, -0.05) is 6.07 Å². The lowest BCUT2D eigenvalue weighted by Gasteiger charge is -2.13. The fourth-order valence-electron chi connectivity index (χ4n) is 1.80. The molecule has 0 aliphatic carbocycles. The number of hydrogen-bond acceptors (Lipinski definition) is 5. The summed E-state index contributed by atoms with van der Waals surface area (Å²) in [7, 11) is 3.41. The molecular formula is C13H18N4O2. The first-order valence-electron chi connectivity index (χ1n) is 6.07. The van der Waals surface area contributed by atoms with Crippen LogP contribution in [0.4, 0.5) is 0 Å². The molecule has 1 heterocycles. The Morgan fingerprint density at radius 1 is 1.37 bits per heavy atom. The molecule has 0 fully saturated rings. The third-order valence-electron chi connectivity index (χ3n) is 2.74. The number of nitrogens with zero attached hydrogens (tertiary/aromatic N) is 3. The number of nitrogens with two attached hydrogens (primary N) is 1. The van der Waals surface area contributed by atoms with Crippen LogP contribution in [-0.2, 0) is 7.05 Å². The van der Waals surface area contributed by atoms with Crippen molar-refractivity contribution >= 4 is 0 Å². The van der Waals surface area contributed by atoms with Gasteiger partial charge in [0.1, 0.15) is 6.33 Å². The van der Waals surface area contributed by atoms with Crippen LogP contribution in [0.15, 0.2) is 24.5 Å². The molecule has 2 aromatic rings. The lowest BCUT2D eigenvalue weighted by molar-refractivity contribution is 0.310. The fraction of sp³-hybridized carbons (Fsp3) is 0.385. The van der Waals surface area contributed by atoms with E-state index < -0.39 is 0 Å². The number of hydrogen-bond donors (Lipinski definition) is 1. The van der Waals surface area contributed by atoms with E-state index in [1.54, 1.807) is 18.1 Å². The summed E-state index contributed by atoms with van der Waals surface area (Å²) in [6.07, 6.45) is 1.63. The predicted octanol–water partition coefficient (Wildman–Crippen LogP) is 1.27. The number of aromatic nitrogens is 3. The van der Waals surface area contributed by atoms with Crippen LogP contribution < -0.4 is 15.2 Å². The molecular weight excluding hydrogens is 244 g/mol. The van der Waals surface area contributed by atoms with E-state index in [1.807, 2.05) is 32.2 Å². The van der Waals surface area contributed by atoms with Gasteiger partial charge in [0.2, 0.25) is 0 Å². The molecule has 0 aliphatic heterocycles. The summed E-state index contributed by atoms with van der Waals surface area (Å²) in [5, 5.41) is 4.21. The maximum Gasteiger partial charge on any atom is 0.171 e. The summed E-state index contributed by atoms with van der Waals surface area (Å²) in [6, 6.07) is 5.21. The number of rotatable bonds is 5. The van der Waals surface area contributed by atoms with Crippen LogP contribution in [0.3, 0.4) is 0 Å². The first-order valence-corrected chi connectivity index (χ1v) is 6.07. The maximum atomic E-state index is 6.14. The van der Waals surface area contributed by atoms with Crippen LogP contribution in [0.5, 0.6) is 11.5 Å². The van der Waals surface area contributed by atoms with E-state index >= 15 is 0 Å². The molecule has 102 valence electrons. The summed E-state index contributed by atoms with van der Waals surface area (Å²) >= 11 is 0. The molecule has 1 aromatic heterocycles. The van der Waals surface area contributed by atoms with Crippen molar-refractivity contribution in [3.8, 4) is 11.5 Å². The van der Waals surface area contributed by atoms with Crippen LogP contribution in [-0.4, -0.2) is 28.5 Å². The van der Waals surface area contributed by atoms with Crippen LogP contribution >= 0.6 is 0 Å². The summed E-state index contributed by atoms with van der Waals surface area (Å²) < 4.78 is 12.4. The van der Waals surface area contributed by atoms with Crippen LogP contribution in [0.25, 0.3) is 0 Å². The standard InChI is InChI=1S/C13H18N4O2/c1-4-19-10-6-5-9(7-11(10)18-3)12(14)13-15-8-17(2)16-13/h5-8,12H,4,14H2,1-3H3/t12-/m0/s1. The van der Waals surface area contributed by atoms with Gasteiger partial charge in [0.05, 0.1) is 19.8 Å². The van der Waals surface area contributed by atoms with E-state index in [2.05, 4.69) is 10.1 Å². The molecule has 0 aliphatic rings. The summed E-state index contributed by atoms with van der Waals surface area (Å²) in [5.41, 5.74) is 7.02. The largest absolute Gasteiger partial charge is 0.493 e. The third-order valence-corrected chi connectivity index (χ3v) is 2.74. The average molecular weight is 262 g/mol. The average Bonchev–Trinajstić information content (AvgIpc) is 2.85. The molecule has 0 saturated heterocycles. The van der Waals surface area contributed by atoms with Crippen molar-refractivity contribution in [2.45, 2.75) is 13.0 Å². The maximum absolute atomic E-state index is 6.14. The van der Waals surface area contributed by atoms with Crippen molar-refractivity contribution in [2.75, 3.05) is 13.7 Å². The molecule has 0 spiro atoms. The minimum Gasteiger partial charge on any atom is -0.493 e. The van der Waals surface area contributed by atoms with Gasteiger partial charge in [0.15, 0.2) is 17.3 Å². The van der Waals surface area contributed by atoms with Gasteiger partial charge in [0.25, 0.3) is 0 Å². The van der Waals surface area contributed by atoms with Gasteiger partial charge in [-0.2, -0.15) is 5.10 Å². The van der Waals surface area contributed by atoms with Gasteiger partial charge in [-0.25, -0.2) is 4.98 Å². The second-order valence-electron chi connectivity index (χ2n) is 4.10. The lowest BCUT2D eigenvalue weighted by Crippen LogP contribution is -2.14. The molecule has 0 bridgehead atoms. The van der Waals surface area contributed by atoms with Gasteiger partial charge >= 0.3 is 0 Å². The molecule has 1 aromatic carbocycles. The van der Waals surface area contributed by atoms with Crippen molar-refractivity contribution in [3.63, 3.8) is 0 Å². The predicted molar refractivity (Wildman–Crippen MR) is 71.2 cm³/mol. The zero-order chi connectivity index (χ0) is 13.8. The number of benzene rings is 1. The Kier molecular flexibility index (Phi) is 4.01. The highest BCUT2D eigenvalue weighted by atomic mass is 16.5. The molecule has 6 heteroatoms. The molecule has 0 radical (unpaired) electrons. The quantitative estimate of drug-likeness (QED) is 0.878. The van der Waals surface area contributed by atoms with E-state index in [9.17, 15) is 0 Å². The molecule has 19 heavy (non-hydrogen) atoms. The monoisotopic (exact) mass is 262 g/mol. The van der Waals surface area contributed by atoms with Crippen molar-refractivity contribution < 1.29 is 9.47 Å². The summed E-state index contributed by atoms with van der Waals surface area (Å²) in [4.78, 5) is 4.16. The van der Waals surface area contributed by atoms with Gasteiger partial charge in [0, 0.05) is 7.05 Å². The Bertz CT molecular complexity index is 553. The molecule has 2 N–H and O–H groups in total. The van der Waals surface area contributed by atoms with Gasteiger partial charge < -0.3 is 15.2 Å². The first kappa shape index (κ1) is 13.4. The summed E-state index contributed by atoms with van der Waals surface area (Å²) in [5.74, 6) is 1.94. The van der Waals surface area contributed by atoms with Gasteiger partial charge in [-0.15, -0.1) is 0 Å². The highest BCUT2D eigenvalue weighted by molar-refractivity contribution is 5.44. The normalized spacial score (nSPS) is 12.2. The molecule has 2 rings (SSSR count). The molecule has 6 nitrogen and oxygen atoms in total. The Labute approximate surface area is 112 Å². The van der Waals surface area contributed by atoms with Gasteiger partial charge in [-0.05, 0) is 24.6 Å². The van der Waals surface area contributed by atoms with E-state index in [1.165, 1.54) is 0 Å². The zero-order valence-corrected chi connectivity index (χ0v) is 11.3. The second-order valence-corrected chi connectivity index (χ2v) is 4.10. The fourth-order valence-corrected chi connectivity index (χ4v) is 1.80. The highest BCUT2D eigenvalue weighted by Crippen LogP contribution is 2.30. The van der Waals surface area contributed by atoms with Gasteiger partial charge in [-0.3, -0.25) is 4.68 Å². The van der Waals surface area contributed by atoms with Crippen LogP contribution in [0.1, 0.15) is 24.4 Å². The van der Waals surface area contributed by atoms with Crippen LogP contribution in [0, 0.1) is 0 Å². The van der Waals surface area contributed by atoms with E-state index in [0.29, 0.717) is 23.9 Å². The zero-order valence-electron chi connectivity index (χ0n) is 11.3. The minimum atomic E-state index is -0.384. The van der Waals surface area contributed by atoms with Crippen molar-refractivity contribution in [3.05, 3.63) is 35.9 Å². The van der Waals surface area contributed by atoms with E-state index in [-0.39, 0.29) is 6.04 Å². The summed E-state index contributed by atoms with van der Waals surface area (Å²) in [6.45, 7) is 2.51. The number of aryl methyl sites for hydroxylation is 1. The first-order chi connectivity index (χ1) is 9.15. The smallest absolute Gasteiger partial charge is 0.171 e. The molecule has 0 unspecified atom stereocenters. The third kappa shape index (κ3) is 2.85. The molecule has 0 saturated carbocycles. The van der Waals surface area contributed by atoms with Crippen molar-refractivity contribution in [1.82, 2.24) is 14.8 Å². The number of methoxy groups -OCH3 is 1. The Morgan fingerprint density at radius 2 is 2.16 bits per heavy atom. The van der Waals surface area contributed by atoms with Crippen molar-refractivity contribution in [1.29, 1.82) is 0 Å². The van der Waals surface area contributed by atoms with E-state index in [4.69, 9.17) is 15.2 Å². The lowest BCUT2D eigenvalue weighted by atomic mass is 10.1. The minimum absolute atomic E-state index is 0.384.